The molecular formula is C34H42N4O3. The topological polar surface area (TPSA) is 73.4 Å². The highest BCUT2D eigenvalue weighted by Gasteiger charge is 2.22. The van der Waals surface area contributed by atoms with Crippen molar-refractivity contribution in [2.75, 3.05) is 31.2 Å². The summed E-state index contributed by atoms with van der Waals surface area (Å²) in [6, 6.07) is 14.4. The summed E-state index contributed by atoms with van der Waals surface area (Å²) >= 11 is 0. The van der Waals surface area contributed by atoms with Crippen LogP contribution in [0.5, 0.6) is 0 Å². The van der Waals surface area contributed by atoms with E-state index in [1.807, 2.05) is 36.0 Å². The van der Waals surface area contributed by atoms with Gasteiger partial charge in [0.25, 0.3) is 0 Å². The molecule has 0 bridgehead atoms. The highest BCUT2D eigenvalue weighted by Crippen LogP contribution is 2.35. The molecule has 1 saturated heterocycles. The third-order valence-corrected chi connectivity index (χ3v) is 7.81. The number of furan rings is 1. The number of ketones is 1. The highest BCUT2D eigenvalue weighted by molar-refractivity contribution is 5.99. The predicted molar refractivity (Wildman–Crippen MR) is 166 cm³/mol. The fourth-order valence-electron chi connectivity index (χ4n) is 5.41. The Bertz CT molecular complexity index is 1510. The first kappa shape index (κ1) is 28.8. The van der Waals surface area contributed by atoms with Gasteiger partial charge in [0, 0.05) is 42.9 Å². The molecule has 5 rings (SSSR count). The summed E-state index contributed by atoms with van der Waals surface area (Å²) in [5, 5.41) is 4.87. The number of ether oxygens (including phenoxy) is 1. The molecule has 4 heterocycles. The zero-order valence-electron chi connectivity index (χ0n) is 24.9. The number of aromatic nitrogens is 3. The first-order chi connectivity index (χ1) is 20.0. The predicted octanol–water partition coefficient (Wildman–Crippen LogP) is 7.79. The average molecular weight is 555 g/mol. The molecule has 41 heavy (non-hydrogen) atoms. The van der Waals surface area contributed by atoms with Crippen molar-refractivity contribution in [3.63, 3.8) is 0 Å². The molecule has 4 aromatic rings. The Balaban J connectivity index is 1.53. The minimum atomic E-state index is 0.00818. The van der Waals surface area contributed by atoms with Gasteiger partial charge in [-0.05, 0) is 43.5 Å². The number of rotatable bonds is 12. The van der Waals surface area contributed by atoms with Gasteiger partial charge in [0.1, 0.15) is 11.3 Å². The van der Waals surface area contributed by atoms with E-state index < -0.39 is 0 Å². The lowest BCUT2D eigenvalue weighted by molar-refractivity contribution is -0.117. The van der Waals surface area contributed by atoms with Gasteiger partial charge in [-0.3, -0.25) is 4.79 Å². The van der Waals surface area contributed by atoms with Gasteiger partial charge in [-0.25, -0.2) is 9.67 Å². The number of allylic oxidation sites excluding steroid dienone is 2. The Morgan fingerprint density at radius 1 is 1.07 bits per heavy atom. The lowest BCUT2D eigenvalue weighted by Gasteiger charge is -2.29. The van der Waals surface area contributed by atoms with Crippen molar-refractivity contribution in [2.45, 2.75) is 66.2 Å². The van der Waals surface area contributed by atoms with Gasteiger partial charge in [0.2, 0.25) is 0 Å². The van der Waals surface area contributed by atoms with Crippen molar-refractivity contribution in [3.8, 4) is 17.1 Å². The number of benzene rings is 1. The summed E-state index contributed by atoms with van der Waals surface area (Å²) in [5.74, 6) is 1.63. The number of aryl methyl sites for hydroxylation is 1. The maximum absolute atomic E-state index is 13.1. The van der Waals surface area contributed by atoms with Crippen LogP contribution in [-0.2, 0) is 9.53 Å². The van der Waals surface area contributed by atoms with E-state index in [0.29, 0.717) is 13.2 Å². The van der Waals surface area contributed by atoms with E-state index in [9.17, 15) is 4.79 Å². The van der Waals surface area contributed by atoms with Crippen LogP contribution in [0.3, 0.4) is 0 Å². The minimum Gasteiger partial charge on any atom is -0.453 e. The third-order valence-electron chi connectivity index (χ3n) is 7.81. The van der Waals surface area contributed by atoms with Gasteiger partial charge in [-0.1, -0.05) is 70.2 Å². The van der Waals surface area contributed by atoms with E-state index in [-0.39, 0.29) is 11.7 Å². The van der Waals surface area contributed by atoms with Gasteiger partial charge in [-0.15, -0.1) is 0 Å². The number of unbranched alkanes of at least 4 members (excludes halogenated alkanes) is 2. The maximum atomic E-state index is 13.1. The van der Waals surface area contributed by atoms with Crippen LogP contribution in [0.4, 0.5) is 5.69 Å². The lowest BCUT2D eigenvalue weighted by Crippen LogP contribution is -2.36. The Labute approximate surface area is 243 Å². The first-order valence-electron chi connectivity index (χ1n) is 15.1. The summed E-state index contributed by atoms with van der Waals surface area (Å²) in [4.78, 5) is 20.4. The summed E-state index contributed by atoms with van der Waals surface area (Å²) in [5.41, 5.74) is 6.58. The molecule has 0 spiro atoms. The Morgan fingerprint density at radius 3 is 2.66 bits per heavy atom. The van der Waals surface area contributed by atoms with E-state index >= 15 is 0 Å². The maximum Gasteiger partial charge on any atom is 0.176 e. The van der Waals surface area contributed by atoms with Gasteiger partial charge in [0.15, 0.2) is 17.2 Å². The molecule has 1 aliphatic heterocycles. The molecule has 216 valence electrons. The normalized spacial score (nSPS) is 15.0. The van der Waals surface area contributed by atoms with Crippen molar-refractivity contribution >= 4 is 28.1 Å². The molecule has 0 N–H and O–H groups in total. The Morgan fingerprint density at radius 2 is 1.90 bits per heavy atom. The van der Waals surface area contributed by atoms with E-state index in [0.717, 1.165) is 96.8 Å². The van der Waals surface area contributed by atoms with E-state index in [2.05, 4.69) is 56.0 Å². The second-order valence-electron chi connectivity index (χ2n) is 11.2. The zero-order valence-corrected chi connectivity index (χ0v) is 24.9. The molecule has 1 aromatic carbocycles. The molecular weight excluding hydrogens is 512 g/mol. The fourth-order valence-corrected chi connectivity index (χ4v) is 5.41. The van der Waals surface area contributed by atoms with Gasteiger partial charge < -0.3 is 14.1 Å². The summed E-state index contributed by atoms with van der Waals surface area (Å²) in [6.07, 6.45) is 9.78. The van der Waals surface area contributed by atoms with Gasteiger partial charge in [0.05, 0.1) is 24.6 Å². The molecule has 0 saturated carbocycles. The Hall–Kier alpha value is -3.71. The molecule has 1 fully saturated rings. The molecule has 7 nitrogen and oxygen atoms in total. The number of carbonyl (C=O) groups excluding carboxylic acids is 1. The first-order valence-corrected chi connectivity index (χ1v) is 15.1. The third kappa shape index (κ3) is 6.79. The monoisotopic (exact) mass is 554 g/mol. The Kier molecular flexibility index (Phi) is 9.35. The number of nitrogens with zero attached hydrogens (tertiary/aromatic N) is 4. The van der Waals surface area contributed by atoms with Crippen LogP contribution in [0.2, 0.25) is 0 Å². The average Bonchev–Trinajstić information content (AvgIpc) is 3.65. The number of morpholine rings is 1. The van der Waals surface area contributed by atoms with Crippen LogP contribution in [-0.4, -0.2) is 46.9 Å². The van der Waals surface area contributed by atoms with Gasteiger partial charge >= 0.3 is 0 Å². The smallest absolute Gasteiger partial charge is 0.176 e. The van der Waals surface area contributed by atoms with Crippen molar-refractivity contribution in [1.82, 2.24) is 14.8 Å². The van der Waals surface area contributed by atoms with Crippen molar-refractivity contribution in [1.29, 1.82) is 0 Å². The zero-order chi connectivity index (χ0) is 28.8. The van der Waals surface area contributed by atoms with E-state index in [1.54, 1.807) is 0 Å². The molecule has 3 aromatic heterocycles. The molecule has 0 radical (unpaired) electrons. The quantitative estimate of drug-likeness (QED) is 0.131. The summed E-state index contributed by atoms with van der Waals surface area (Å²) in [7, 11) is 0. The molecule has 7 heteroatoms. The molecule has 1 aliphatic rings. The number of fused-ring (bicyclic) bond motifs is 1. The second-order valence-corrected chi connectivity index (χ2v) is 11.2. The van der Waals surface area contributed by atoms with Crippen molar-refractivity contribution in [2.24, 2.45) is 5.92 Å². The highest BCUT2D eigenvalue weighted by atomic mass is 16.5. The van der Waals surface area contributed by atoms with E-state index in [4.69, 9.17) is 19.2 Å². The molecule has 1 atom stereocenters. The largest absolute Gasteiger partial charge is 0.453 e. The van der Waals surface area contributed by atoms with Crippen molar-refractivity contribution < 1.29 is 13.9 Å². The minimum absolute atomic E-state index is 0.00818. The van der Waals surface area contributed by atoms with Crippen LogP contribution < -0.4 is 4.90 Å². The van der Waals surface area contributed by atoms with Crippen LogP contribution in [0.1, 0.15) is 70.6 Å². The van der Waals surface area contributed by atoms with Crippen LogP contribution in [0, 0.1) is 12.8 Å². The lowest BCUT2D eigenvalue weighted by atomic mass is 9.96. The number of hydrogen-bond acceptors (Lipinski definition) is 6. The van der Waals surface area contributed by atoms with Crippen LogP contribution in [0.25, 0.3) is 33.7 Å². The number of anilines is 1. The van der Waals surface area contributed by atoms with E-state index in [1.165, 1.54) is 5.56 Å². The SMILES string of the molecule is CCCCCC(C)C(=O)/C=C(\CCC)c1cc2nc(-n3ccc(-c4cccc(C)c4)n3)cc(N3CCOCC3)c2o1. The molecule has 0 amide bonds. The van der Waals surface area contributed by atoms with Crippen LogP contribution in [0.15, 0.2) is 59.2 Å². The van der Waals surface area contributed by atoms with Crippen molar-refractivity contribution in [3.05, 3.63) is 66.1 Å². The molecule has 0 aliphatic carbocycles. The summed E-state index contributed by atoms with van der Waals surface area (Å²) < 4.78 is 14.0. The molecule has 1 unspecified atom stereocenters. The fraction of sp³-hybridized carbons (Fsp3) is 0.441. The standard InChI is InChI=1S/C34H42N4O3/c1-5-7-8-12-25(4)31(39)21-27(10-6-2)32-22-29-34(41-32)30(37-16-18-40-19-17-37)23-33(35-29)38-15-14-28(36-38)26-13-9-11-24(3)20-26/h9,11,13-15,20-23,25H,5-8,10,12,16-19H2,1-4H3/b27-21+. The number of hydrogen-bond donors (Lipinski definition) is 0. The number of pyridine rings is 1. The summed E-state index contributed by atoms with van der Waals surface area (Å²) in [6.45, 7) is 11.3. The van der Waals surface area contributed by atoms with Gasteiger partial charge in [-0.2, -0.15) is 5.10 Å². The second kappa shape index (κ2) is 13.3. The van der Waals surface area contributed by atoms with Crippen LogP contribution >= 0.6 is 0 Å². The number of carbonyl (C=O) groups is 1.